The molecule has 6 amide bonds. The van der Waals surface area contributed by atoms with Crippen LogP contribution in [-0.2, 0) is 40.0 Å². The maximum Gasteiger partial charge on any atom is 0.326 e. The van der Waals surface area contributed by atoms with Gasteiger partial charge in [-0.25, -0.2) is 4.79 Å². The van der Waals surface area contributed by atoms with E-state index in [1.54, 1.807) is 30.5 Å². The molecule has 0 unspecified atom stereocenters. The first-order chi connectivity index (χ1) is 25.6. The first-order valence-corrected chi connectivity index (χ1v) is 16.9. The highest BCUT2D eigenvalue weighted by molar-refractivity contribution is 5.96. The minimum absolute atomic E-state index is 0.00398. The number of nitrogens with zero attached hydrogens (tertiary/aromatic N) is 2. The van der Waals surface area contributed by atoms with Gasteiger partial charge < -0.3 is 71.1 Å². The summed E-state index contributed by atoms with van der Waals surface area (Å²) in [7, 11) is 0. The van der Waals surface area contributed by atoms with Crippen molar-refractivity contribution in [2.24, 2.45) is 44.4 Å². The number of carboxylic acid groups (broad SMARTS) is 1. The predicted molar refractivity (Wildman–Crippen MR) is 198 cm³/mol. The van der Waals surface area contributed by atoms with Crippen molar-refractivity contribution in [1.82, 2.24) is 31.6 Å². The number of carbonyl (C=O) groups is 7. The van der Waals surface area contributed by atoms with Gasteiger partial charge in [-0.15, -0.1) is 0 Å². The van der Waals surface area contributed by atoms with Crippen molar-refractivity contribution >= 4 is 64.2 Å². The van der Waals surface area contributed by atoms with E-state index in [-0.39, 0.29) is 76.5 Å². The van der Waals surface area contributed by atoms with E-state index in [0.717, 1.165) is 10.9 Å². The number of aliphatic carboxylic acids is 1. The van der Waals surface area contributed by atoms with Crippen LogP contribution in [-0.4, -0.2) is 114 Å². The van der Waals surface area contributed by atoms with Crippen molar-refractivity contribution in [3.63, 3.8) is 0 Å². The zero-order valence-corrected chi connectivity index (χ0v) is 29.6. The van der Waals surface area contributed by atoms with Crippen LogP contribution in [0.1, 0.15) is 44.1 Å². The maximum atomic E-state index is 14.0. The molecular weight excluding hydrogens is 708 g/mol. The fourth-order valence-electron chi connectivity index (χ4n) is 5.13. The van der Waals surface area contributed by atoms with Gasteiger partial charge in [0.05, 0.1) is 13.1 Å². The van der Waals surface area contributed by atoms with Gasteiger partial charge in [-0.05, 0) is 43.7 Å². The Kier molecular flexibility index (Phi) is 18.2. The molecule has 0 aliphatic carbocycles. The van der Waals surface area contributed by atoms with Crippen LogP contribution in [0.15, 0.2) is 40.4 Å². The van der Waals surface area contributed by atoms with Gasteiger partial charge in [0.25, 0.3) is 0 Å². The standard InChI is InChI=1S/C32H50N14O8/c33-14-25(48)42-16-26(49)43-20(7-3-11-39-31(35)36)27(50)46-23(13-17-15-41-19-6-2-1-5-18(17)19)29(52)44-21(9-10-24(34)47)28(51)45-22(30(53)54)8-4-12-40-32(37)38/h1-2,5-6,15,20-23,41H,3-4,7-14,16,33H2,(H2,34,47)(H,42,48)(H,43,49)(H,44,52)(H,45,51)(H,46,50)(H,53,54)(H4,35,36,39)(H4,37,38,40)/t20-,21-,22-,23-/m0/s1. The fourth-order valence-corrected chi connectivity index (χ4v) is 5.13. The number of carboxylic acids is 1. The smallest absolute Gasteiger partial charge is 0.326 e. The number of aromatic amines is 1. The van der Waals surface area contributed by atoms with Gasteiger partial charge in [0.15, 0.2) is 11.9 Å². The third-order valence-electron chi connectivity index (χ3n) is 7.83. The number of fused-ring (bicyclic) bond motifs is 1. The van der Waals surface area contributed by atoms with Crippen LogP contribution in [0.4, 0.5) is 0 Å². The van der Waals surface area contributed by atoms with Crippen LogP contribution in [0, 0.1) is 0 Å². The van der Waals surface area contributed by atoms with Gasteiger partial charge in [-0.3, -0.25) is 38.8 Å². The summed E-state index contributed by atoms with van der Waals surface area (Å²) < 4.78 is 0. The number of primary amides is 1. The Bertz CT molecular complexity index is 1690. The number of aliphatic imine (C=N–C) groups is 2. The molecule has 0 saturated heterocycles. The third-order valence-corrected chi connectivity index (χ3v) is 7.83. The Morgan fingerprint density at radius 3 is 1.81 bits per heavy atom. The Balaban J connectivity index is 2.40. The lowest BCUT2D eigenvalue weighted by atomic mass is 10.0. The Morgan fingerprint density at radius 2 is 1.24 bits per heavy atom. The van der Waals surface area contributed by atoms with Gasteiger partial charge in [-0.2, -0.15) is 0 Å². The topological polar surface area (TPSA) is 396 Å². The number of guanidine groups is 2. The first kappa shape index (κ1) is 43.7. The molecule has 296 valence electrons. The largest absolute Gasteiger partial charge is 0.480 e. The highest BCUT2D eigenvalue weighted by atomic mass is 16.4. The van der Waals surface area contributed by atoms with Crippen molar-refractivity contribution in [3.05, 3.63) is 36.0 Å². The molecule has 0 radical (unpaired) electrons. The number of nitrogens with one attached hydrogen (secondary N) is 6. The third kappa shape index (κ3) is 15.8. The highest BCUT2D eigenvalue weighted by Crippen LogP contribution is 2.19. The molecule has 1 heterocycles. The van der Waals surface area contributed by atoms with Gasteiger partial charge in [0.2, 0.25) is 35.4 Å². The molecule has 2 aromatic rings. The van der Waals surface area contributed by atoms with E-state index in [4.69, 9.17) is 34.4 Å². The predicted octanol–water partition coefficient (Wildman–Crippen LogP) is -4.82. The average Bonchev–Trinajstić information content (AvgIpc) is 3.53. The zero-order valence-electron chi connectivity index (χ0n) is 29.6. The lowest BCUT2D eigenvalue weighted by Gasteiger charge is -2.26. The van der Waals surface area contributed by atoms with E-state index in [1.807, 2.05) is 0 Å². The van der Waals surface area contributed by atoms with Crippen molar-refractivity contribution in [2.75, 3.05) is 26.2 Å². The quantitative estimate of drug-likeness (QED) is 0.0272. The van der Waals surface area contributed by atoms with Gasteiger partial charge in [0.1, 0.15) is 24.2 Å². The van der Waals surface area contributed by atoms with E-state index in [0.29, 0.717) is 5.56 Å². The first-order valence-electron chi connectivity index (χ1n) is 16.9. The Morgan fingerprint density at radius 1 is 0.704 bits per heavy atom. The molecule has 1 aromatic carbocycles. The monoisotopic (exact) mass is 758 g/mol. The van der Waals surface area contributed by atoms with Crippen molar-refractivity contribution in [2.45, 2.75) is 69.1 Å². The second-order valence-electron chi connectivity index (χ2n) is 12.1. The molecule has 4 atom stereocenters. The molecule has 54 heavy (non-hydrogen) atoms. The van der Waals surface area contributed by atoms with Crippen LogP contribution >= 0.6 is 0 Å². The van der Waals surface area contributed by atoms with E-state index in [9.17, 15) is 38.7 Å². The Labute approximate surface area is 310 Å². The van der Waals surface area contributed by atoms with Crippen molar-refractivity contribution in [3.8, 4) is 0 Å². The van der Waals surface area contributed by atoms with Crippen LogP contribution in [0.25, 0.3) is 10.9 Å². The van der Waals surface area contributed by atoms with Gasteiger partial charge in [0, 0.05) is 43.0 Å². The van der Waals surface area contributed by atoms with Crippen molar-refractivity contribution in [1.29, 1.82) is 0 Å². The number of hydrogen-bond donors (Lipinski definition) is 13. The normalized spacial score (nSPS) is 12.9. The summed E-state index contributed by atoms with van der Waals surface area (Å²) in [6.45, 7) is -0.658. The summed E-state index contributed by atoms with van der Waals surface area (Å²) in [6.07, 6.45) is 1.21. The number of amides is 6. The number of H-pyrrole nitrogens is 1. The molecule has 19 N–H and O–H groups in total. The van der Waals surface area contributed by atoms with Crippen molar-refractivity contribution < 1.29 is 38.7 Å². The molecule has 0 bridgehead atoms. The summed E-state index contributed by atoms with van der Waals surface area (Å²) in [5.74, 6) is -6.48. The molecular formula is C32H50N14O8. The highest BCUT2D eigenvalue weighted by Gasteiger charge is 2.32. The summed E-state index contributed by atoms with van der Waals surface area (Å²) in [4.78, 5) is 99.9. The zero-order chi connectivity index (χ0) is 40.2. The summed E-state index contributed by atoms with van der Waals surface area (Å²) in [5.41, 5.74) is 33.3. The number of benzene rings is 1. The molecule has 0 saturated carbocycles. The minimum atomic E-state index is -1.46. The summed E-state index contributed by atoms with van der Waals surface area (Å²) in [5, 5.41) is 22.8. The number of nitrogens with two attached hydrogens (primary N) is 6. The second-order valence-corrected chi connectivity index (χ2v) is 12.1. The van der Waals surface area contributed by atoms with Crippen LogP contribution in [0.5, 0.6) is 0 Å². The van der Waals surface area contributed by atoms with Gasteiger partial charge >= 0.3 is 5.97 Å². The SMILES string of the molecule is NCC(=O)NCC(=O)N[C@@H](CCCN=C(N)N)C(=O)N[C@@H](Cc1c[nH]c2ccccc12)C(=O)N[C@@H](CCC(N)=O)C(=O)N[C@@H](CCCN=C(N)N)C(=O)O. The number of rotatable bonds is 24. The molecule has 0 spiro atoms. The fraction of sp³-hybridized carbons (Fsp3) is 0.469. The van der Waals surface area contributed by atoms with E-state index >= 15 is 0 Å². The Hall–Kier alpha value is -6.45. The molecule has 0 fully saturated rings. The second kappa shape index (κ2) is 22.5. The number of aromatic nitrogens is 1. The van der Waals surface area contributed by atoms with Gasteiger partial charge in [-0.1, -0.05) is 18.2 Å². The molecule has 22 heteroatoms. The van der Waals surface area contributed by atoms with Crippen LogP contribution in [0.3, 0.4) is 0 Å². The maximum absolute atomic E-state index is 14.0. The lowest BCUT2D eigenvalue weighted by molar-refractivity contribution is -0.142. The molecule has 0 aliphatic heterocycles. The molecule has 22 nitrogen and oxygen atoms in total. The lowest BCUT2D eigenvalue weighted by Crippen LogP contribution is -2.58. The summed E-state index contributed by atoms with van der Waals surface area (Å²) in [6, 6.07) is 1.68. The molecule has 2 rings (SSSR count). The van der Waals surface area contributed by atoms with Crippen LogP contribution in [0.2, 0.25) is 0 Å². The number of carbonyl (C=O) groups excluding carboxylic acids is 6. The molecule has 1 aromatic heterocycles. The van der Waals surface area contributed by atoms with Crippen LogP contribution < -0.4 is 61.0 Å². The van der Waals surface area contributed by atoms with E-state index in [1.165, 1.54) is 0 Å². The minimum Gasteiger partial charge on any atom is -0.480 e. The number of para-hydroxylation sites is 1. The average molecular weight is 759 g/mol. The van der Waals surface area contributed by atoms with E-state index in [2.05, 4.69) is 41.6 Å². The molecule has 0 aliphatic rings. The summed E-state index contributed by atoms with van der Waals surface area (Å²) >= 11 is 0. The van der Waals surface area contributed by atoms with E-state index < -0.39 is 72.1 Å². The number of hydrogen-bond acceptors (Lipinski definition) is 10.